The summed E-state index contributed by atoms with van der Waals surface area (Å²) in [6.45, 7) is 1.72. The van der Waals surface area contributed by atoms with Crippen molar-refractivity contribution in [2.24, 2.45) is 5.92 Å². The predicted octanol–water partition coefficient (Wildman–Crippen LogP) is 4.70. The molecule has 0 unspecified atom stereocenters. The normalized spacial score (nSPS) is 15.2. The molecule has 6 heteroatoms. The first-order chi connectivity index (χ1) is 13.8. The maximum Gasteiger partial charge on any atom is 0.227 e. The number of carbonyl (C=O) groups excluding carboxylic acids is 1. The van der Waals surface area contributed by atoms with Crippen LogP contribution in [0.4, 0.5) is 10.8 Å². The van der Waals surface area contributed by atoms with E-state index in [4.69, 9.17) is 4.98 Å². The molecule has 0 saturated carbocycles. The van der Waals surface area contributed by atoms with Gasteiger partial charge in [-0.15, -0.1) is 0 Å². The predicted molar refractivity (Wildman–Crippen MR) is 115 cm³/mol. The molecule has 0 aliphatic carbocycles. The minimum absolute atomic E-state index is 0.0303. The van der Waals surface area contributed by atoms with Crippen molar-refractivity contribution in [2.45, 2.75) is 12.8 Å². The van der Waals surface area contributed by atoms with Gasteiger partial charge in [0, 0.05) is 47.9 Å². The fourth-order valence-corrected chi connectivity index (χ4v) is 4.81. The molecule has 1 fully saturated rings. The number of piperidine rings is 1. The third-order valence-corrected chi connectivity index (χ3v) is 6.45. The number of nitrogens with zero attached hydrogens (tertiary/aromatic N) is 3. The van der Waals surface area contributed by atoms with Crippen molar-refractivity contribution >= 4 is 49.1 Å². The second-order valence-corrected chi connectivity index (χ2v) is 8.13. The molecule has 2 aromatic heterocycles. The Labute approximate surface area is 167 Å². The van der Waals surface area contributed by atoms with Crippen LogP contribution in [-0.2, 0) is 4.79 Å². The van der Waals surface area contributed by atoms with Crippen LogP contribution in [0.3, 0.4) is 0 Å². The fourth-order valence-electron chi connectivity index (χ4n) is 3.79. The Morgan fingerprint density at radius 3 is 2.79 bits per heavy atom. The zero-order valence-corrected chi connectivity index (χ0v) is 16.2. The van der Waals surface area contributed by atoms with E-state index in [1.165, 1.54) is 4.70 Å². The Kier molecular flexibility index (Phi) is 4.41. The smallest absolute Gasteiger partial charge is 0.227 e. The molecule has 2 aromatic carbocycles. The van der Waals surface area contributed by atoms with E-state index in [-0.39, 0.29) is 11.8 Å². The highest BCUT2D eigenvalue weighted by Gasteiger charge is 2.26. The highest BCUT2D eigenvalue weighted by molar-refractivity contribution is 7.22. The van der Waals surface area contributed by atoms with Crippen molar-refractivity contribution in [3.8, 4) is 0 Å². The summed E-state index contributed by atoms with van der Waals surface area (Å²) in [4.78, 5) is 24.0. The molecule has 5 rings (SSSR count). The molecule has 1 amide bonds. The van der Waals surface area contributed by atoms with Crippen molar-refractivity contribution in [1.29, 1.82) is 0 Å². The number of thiazole rings is 1. The van der Waals surface area contributed by atoms with Crippen LogP contribution in [0.5, 0.6) is 0 Å². The van der Waals surface area contributed by atoms with Crippen LogP contribution in [0.2, 0.25) is 0 Å². The van der Waals surface area contributed by atoms with E-state index in [9.17, 15) is 4.79 Å². The average Bonchev–Trinajstić information content (AvgIpc) is 3.18. The van der Waals surface area contributed by atoms with E-state index in [0.717, 1.165) is 53.0 Å². The molecule has 4 aromatic rings. The van der Waals surface area contributed by atoms with Crippen LogP contribution < -0.4 is 10.2 Å². The Hall–Kier alpha value is -2.99. The molecule has 0 atom stereocenters. The van der Waals surface area contributed by atoms with Gasteiger partial charge in [0.25, 0.3) is 0 Å². The van der Waals surface area contributed by atoms with Gasteiger partial charge in [-0.3, -0.25) is 9.78 Å². The summed E-state index contributed by atoms with van der Waals surface area (Å²) >= 11 is 1.73. The Morgan fingerprint density at radius 2 is 1.93 bits per heavy atom. The topological polar surface area (TPSA) is 58.1 Å². The lowest BCUT2D eigenvalue weighted by atomic mass is 9.96. The molecule has 140 valence electrons. The van der Waals surface area contributed by atoms with E-state index in [1.54, 1.807) is 17.5 Å². The van der Waals surface area contributed by atoms with E-state index >= 15 is 0 Å². The minimum Gasteiger partial charge on any atom is -0.348 e. The number of anilines is 2. The number of benzene rings is 2. The highest BCUT2D eigenvalue weighted by atomic mass is 32.1. The van der Waals surface area contributed by atoms with Crippen LogP contribution in [0.15, 0.2) is 60.9 Å². The SMILES string of the molecule is O=C(Nc1cccc2cnccc12)C1CCN(c2nc3ccccc3s2)CC1. The maximum absolute atomic E-state index is 12.8. The van der Waals surface area contributed by atoms with Crippen LogP contribution in [0.1, 0.15) is 12.8 Å². The molecular formula is C22H20N4OS. The average molecular weight is 388 g/mol. The summed E-state index contributed by atoms with van der Waals surface area (Å²) in [7, 11) is 0. The Bertz CT molecular complexity index is 1110. The number of hydrogen-bond donors (Lipinski definition) is 1. The number of hydrogen-bond acceptors (Lipinski definition) is 5. The lowest BCUT2D eigenvalue weighted by Crippen LogP contribution is -2.38. The number of para-hydroxylation sites is 1. The van der Waals surface area contributed by atoms with Crippen LogP contribution in [-0.4, -0.2) is 29.0 Å². The quantitative estimate of drug-likeness (QED) is 0.553. The van der Waals surface area contributed by atoms with Gasteiger partial charge in [-0.25, -0.2) is 4.98 Å². The van der Waals surface area contributed by atoms with E-state index in [0.29, 0.717) is 0 Å². The standard InChI is InChI=1S/C22H20N4OS/c27-21(24-18-6-3-4-16-14-23-11-8-17(16)18)15-9-12-26(13-10-15)22-25-19-5-1-2-7-20(19)28-22/h1-8,11,14-15H,9-10,12-13H2,(H,24,27). The third-order valence-electron chi connectivity index (χ3n) is 5.36. The van der Waals surface area contributed by atoms with E-state index in [1.807, 2.05) is 42.6 Å². The summed E-state index contributed by atoms with van der Waals surface area (Å²) < 4.78 is 1.21. The fraction of sp³-hybridized carbons (Fsp3) is 0.227. The zero-order chi connectivity index (χ0) is 18.9. The summed E-state index contributed by atoms with van der Waals surface area (Å²) in [6.07, 6.45) is 5.26. The van der Waals surface area contributed by atoms with Crippen LogP contribution in [0, 0.1) is 5.92 Å². The Balaban J connectivity index is 1.26. The maximum atomic E-state index is 12.8. The summed E-state index contributed by atoms with van der Waals surface area (Å²) in [5.41, 5.74) is 1.91. The molecule has 0 spiro atoms. The van der Waals surface area contributed by atoms with Gasteiger partial charge in [0.15, 0.2) is 5.13 Å². The summed E-state index contributed by atoms with van der Waals surface area (Å²) in [5, 5.41) is 6.25. The first kappa shape index (κ1) is 17.1. The summed E-state index contributed by atoms with van der Waals surface area (Å²) in [5.74, 6) is 0.135. The van der Waals surface area contributed by atoms with Gasteiger partial charge in [-0.2, -0.15) is 0 Å². The van der Waals surface area contributed by atoms with Gasteiger partial charge in [0.2, 0.25) is 5.91 Å². The van der Waals surface area contributed by atoms with Crippen molar-refractivity contribution in [1.82, 2.24) is 9.97 Å². The molecule has 0 bridgehead atoms. The Morgan fingerprint density at radius 1 is 1.07 bits per heavy atom. The first-order valence-electron chi connectivity index (χ1n) is 9.52. The highest BCUT2D eigenvalue weighted by Crippen LogP contribution is 2.32. The molecule has 1 aliphatic heterocycles. The van der Waals surface area contributed by atoms with Gasteiger partial charge in [-0.05, 0) is 37.1 Å². The second kappa shape index (κ2) is 7.20. The van der Waals surface area contributed by atoms with Crippen molar-refractivity contribution in [3.63, 3.8) is 0 Å². The molecule has 1 N–H and O–H groups in total. The lowest BCUT2D eigenvalue weighted by Gasteiger charge is -2.31. The van der Waals surface area contributed by atoms with Crippen molar-refractivity contribution in [3.05, 3.63) is 60.9 Å². The largest absolute Gasteiger partial charge is 0.348 e. The number of nitrogens with one attached hydrogen (secondary N) is 1. The van der Waals surface area contributed by atoms with Crippen molar-refractivity contribution in [2.75, 3.05) is 23.3 Å². The number of aromatic nitrogens is 2. The van der Waals surface area contributed by atoms with Gasteiger partial charge in [0.05, 0.1) is 10.2 Å². The molecule has 5 nitrogen and oxygen atoms in total. The third kappa shape index (κ3) is 3.20. The first-order valence-corrected chi connectivity index (χ1v) is 10.3. The van der Waals surface area contributed by atoms with E-state index < -0.39 is 0 Å². The number of rotatable bonds is 3. The molecule has 1 saturated heterocycles. The number of pyridine rings is 1. The number of carbonyl (C=O) groups is 1. The number of fused-ring (bicyclic) bond motifs is 2. The molecule has 28 heavy (non-hydrogen) atoms. The van der Waals surface area contributed by atoms with E-state index in [2.05, 4.69) is 27.3 Å². The lowest BCUT2D eigenvalue weighted by molar-refractivity contribution is -0.120. The summed E-state index contributed by atoms with van der Waals surface area (Å²) in [6, 6.07) is 16.1. The van der Waals surface area contributed by atoms with Gasteiger partial charge in [0.1, 0.15) is 0 Å². The molecule has 1 aliphatic rings. The zero-order valence-electron chi connectivity index (χ0n) is 15.3. The molecule has 0 radical (unpaired) electrons. The number of amides is 1. The monoisotopic (exact) mass is 388 g/mol. The van der Waals surface area contributed by atoms with Gasteiger partial charge >= 0.3 is 0 Å². The minimum atomic E-state index is 0.0303. The van der Waals surface area contributed by atoms with Crippen LogP contribution in [0.25, 0.3) is 21.0 Å². The van der Waals surface area contributed by atoms with Crippen LogP contribution >= 0.6 is 11.3 Å². The van der Waals surface area contributed by atoms with Gasteiger partial charge in [-0.1, -0.05) is 35.6 Å². The molecular weight excluding hydrogens is 368 g/mol. The van der Waals surface area contributed by atoms with Gasteiger partial charge < -0.3 is 10.2 Å². The second-order valence-electron chi connectivity index (χ2n) is 7.12. The van der Waals surface area contributed by atoms with Crippen molar-refractivity contribution < 1.29 is 4.79 Å². The molecule has 3 heterocycles.